The van der Waals surface area contributed by atoms with Crippen LogP contribution in [-0.4, -0.2) is 48.7 Å². The number of nitrogens with zero attached hydrogens (tertiary/aromatic N) is 1. The number of cyclic esters (lactones) is 1. The topological polar surface area (TPSA) is 41.6 Å². The lowest BCUT2D eigenvalue weighted by atomic mass is 9.97. The predicted octanol–water partition coefficient (Wildman–Crippen LogP) is -0.0143. The summed E-state index contributed by atoms with van der Waals surface area (Å²) in [5, 5.41) is 3.35. The summed E-state index contributed by atoms with van der Waals surface area (Å²) in [7, 11) is 0. The Labute approximate surface area is 84.6 Å². The van der Waals surface area contributed by atoms with Crippen LogP contribution in [0, 0.1) is 0 Å². The van der Waals surface area contributed by atoms with Gasteiger partial charge in [0.25, 0.3) is 0 Å². The van der Waals surface area contributed by atoms with Gasteiger partial charge in [-0.1, -0.05) is 0 Å². The first-order valence-corrected chi connectivity index (χ1v) is 5.25. The summed E-state index contributed by atoms with van der Waals surface area (Å²) in [6, 6.07) is -0.00731. The van der Waals surface area contributed by atoms with Gasteiger partial charge in [-0.3, -0.25) is 9.69 Å². The Balaban J connectivity index is 2.11. The van der Waals surface area contributed by atoms with Gasteiger partial charge in [0.05, 0.1) is 6.61 Å². The number of carbonyl (C=O) groups is 1. The molecule has 0 radical (unpaired) electrons. The van der Waals surface area contributed by atoms with Crippen molar-refractivity contribution in [2.24, 2.45) is 0 Å². The normalized spacial score (nSPS) is 33.0. The van der Waals surface area contributed by atoms with Crippen molar-refractivity contribution in [3.63, 3.8) is 0 Å². The molecule has 0 saturated carbocycles. The van der Waals surface area contributed by atoms with Crippen molar-refractivity contribution in [3.8, 4) is 0 Å². The molecular weight excluding hydrogens is 180 g/mol. The number of hydrogen-bond donors (Lipinski definition) is 1. The SMILES string of the molecule is CC1(C)CNCCN1C1CCOC1=O. The minimum Gasteiger partial charge on any atom is -0.464 e. The molecule has 0 aromatic carbocycles. The van der Waals surface area contributed by atoms with E-state index >= 15 is 0 Å². The maximum absolute atomic E-state index is 11.5. The standard InChI is InChI=1S/C10H18N2O2/c1-10(2)7-11-4-5-12(10)8-3-6-14-9(8)13/h8,11H,3-7H2,1-2H3. The largest absolute Gasteiger partial charge is 0.464 e. The molecule has 2 heterocycles. The Morgan fingerprint density at radius 3 is 2.93 bits per heavy atom. The summed E-state index contributed by atoms with van der Waals surface area (Å²) >= 11 is 0. The fourth-order valence-corrected chi connectivity index (χ4v) is 2.34. The molecule has 0 aliphatic carbocycles. The third kappa shape index (κ3) is 1.64. The molecule has 14 heavy (non-hydrogen) atoms. The Bertz CT molecular complexity index is 240. The van der Waals surface area contributed by atoms with Crippen LogP contribution in [0.25, 0.3) is 0 Å². The summed E-state index contributed by atoms with van der Waals surface area (Å²) in [6.07, 6.45) is 0.849. The number of esters is 1. The van der Waals surface area contributed by atoms with E-state index in [1.165, 1.54) is 0 Å². The second-order valence-electron chi connectivity index (χ2n) is 4.65. The van der Waals surface area contributed by atoms with Crippen LogP contribution in [0.15, 0.2) is 0 Å². The minimum absolute atomic E-state index is 0.00731. The van der Waals surface area contributed by atoms with Crippen molar-refractivity contribution in [3.05, 3.63) is 0 Å². The highest BCUT2D eigenvalue weighted by atomic mass is 16.5. The smallest absolute Gasteiger partial charge is 0.323 e. The van der Waals surface area contributed by atoms with Gasteiger partial charge in [0.2, 0.25) is 0 Å². The Morgan fingerprint density at radius 1 is 1.57 bits per heavy atom. The predicted molar refractivity (Wildman–Crippen MR) is 53.0 cm³/mol. The van der Waals surface area contributed by atoms with Gasteiger partial charge in [-0.15, -0.1) is 0 Å². The first kappa shape index (κ1) is 9.93. The molecule has 0 amide bonds. The lowest BCUT2D eigenvalue weighted by molar-refractivity contribution is -0.144. The average molecular weight is 198 g/mol. The minimum atomic E-state index is -0.0417. The van der Waals surface area contributed by atoms with Gasteiger partial charge in [-0.05, 0) is 13.8 Å². The number of nitrogens with one attached hydrogen (secondary N) is 1. The van der Waals surface area contributed by atoms with E-state index in [2.05, 4.69) is 24.1 Å². The summed E-state index contributed by atoms with van der Waals surface area (Å²) in [6.45, 7) is 7.77. The zero-order valence-corrected chi connectivity index (χ0v) is 8.88. The van der Waals surface area contributed by atoms with Crippen LogP contribution in [-0.2, 0) is 9.53 Å². The number of carbonyl (C=O) groups excluding carboxylic acids is 1. The quantitative estimate of drug-likeness (QED) is 0.602. The van der Waals surface area contributed by atoms with Crippen LogP contribution in [0.2, 0.25) is 0 Å². The summed E-state index contributed by atoms with van der Waals surface area (Å²) < 4.78 is 5.01. The van der Waals surface area contributed by atoms with Gasteiger partial charge in [-0.2, -0.15) is 0 Å². The molecule has 0 bridgehead atoms. The fourth-order valence-electron chi connectivity index (χ4n) is 2.34. The highest BCUT2D eigenvalue weighted by Crippen LogP contribution is 2.24. The van der Waals surface area contributed by atoms with E-state index in [9.17, 15) is 4.79 Å². The van der Waals surface area contributed by atoms with Gasteiger partial charge in [0.15, 0.2) is 0 Å². The van der Waals surface area contributed by atoms with Crippen molar-refractivity contribution in [1.29, 1.82) is 0 Å². The van der Waals surface area contributed by atoms with E-state index in [0.29, 0.717) is 6.61 Å². The third-order valence-corrected chi connectivity index (χ3v) is 3.15. The first-order valence-electron chi connectivity index (χ1n) is 5.25. The second kappa shape index (κ2) is 3.51. The molecule has 80 valence electrons. The van der Waals surface area contributed by atoms with Crippen LogP contribution in [0.5, 0.6) is 0 Å². The zero-order valence-electron chi connectivity index (χ0n) is 8.88. The van der Waals surface area contributed by atoms with Crippen LogP contribution in [0.4, 0.5) is 0 Å². The summed E-state index contributed by atoms with van der Waals surface area (Å²) in [5.74, 6) is -0.0417. The Morgan fingerprint density at radius 2 is 2.36 bits per heavy atom. The molecule has 4 nitrogen and oxygen atoms in total. The van der Waals surface area contributed by atoms with Crippen LogP contribution >= 0.6 is 0 Å². The van der Waals surface area contributed by atoms with Crippen molar-refractivity contribution in [2.75, 3.05) is 26.2 Å². The molecule has 1 atom stereocenters. The number of ether oxygens (including phenoxy) is 1. The molecule has 0 aromatic heterocycles. The molecule has 2 fully saturated rings. The number of rotatable bonds is 1. The Kier molecular flexibility index (Phi) is 2.49. The molecular formula is C10H18N2O2. The van der Waals surface area contributed by atoms with Crippen LogP contribution in [0.3, 0.4) is 0 Å². The van der Waals surface area contributed by atoms with Crippen molar-refractivity contribution >= 4 is 5.97 Å². The summed E-state index contributed by atoms with van der Waals surface area (Å²) in [4.78, 5) is 13.8. The van der Waals surface area contributed by atoms with Crippen LogP contribution < -0.4 is 5.32 Å². The molecule has 1 unspecified atom stereocenters. The molecule has 4 heteroatoms. The number of hydrogen-bond acceptors (Lipinski definition) is 4. The third-order valence-electron chi connectivity index (χ3n) is 3.15. The molecule has 2 aliphatic rings. The van der Waals surface area contributed by atoms with E-state index < -0.39 is 0 Å². The van der Waals surface area contributed by atoms with E-state index in [0.717, 1.165) is 26.1 Å². The lowest BCUT2D eigenvalue weighted by Gasteiger charge is -2.44. The highest BCUT2D eigenvalue weighted by Gasteiger charge is 2.41. The molecule has 0 spiro atoms. The van der Waals surface area contributed by atoms with E-state index in [4.69, 9.17) is 4.74 Å². The zero-order chi connectivity index (χ0) is 10.2. The van der Waals surface area contributed by atoms with Gasteiger partial charge >= 0.3 is 5.97 Å². The maximum atomic E-state index is 11.5. The molecule has 2 saturated heterocycles. The average Bonchev–Trinajstić information content (AvgIpc) is 2.51. The monoisotopic (exact) mass is 198 g/mol. The Hall–Kier alpha value is -0.610. The van der Waals surface area contributed by atoms with Gasteiger partial charge < -0.3 is 10.1 Å². The molecule has 0 aromatic rings. The molecule has 2 rings (SSSR count). The molecule has 2 aliphatic heterocycles. The molecule has 1 N–H and O–H groups in total. The van der Waals surface area contributed by atoms with Crippen molar-refractivity contribution in [2.45, 2.75) is 31.8 Å². The summed E-state index contributed by atoms with van der Waals surface area (Å²) in [5.41, 5.74) is 0.0618. The second-order valence-corrected chi connectivity index (χ2v) is 4.65. The van der Waals surface area contributed by atoms with E-state index in [-0.39, 0.29) is 17.6 Å². The van der Waals surface area contributed by atoms with Gasteiger partial charge in [-0.25, -0.2) is 0 Å². The van der Waals surface area contributed by atoms with E-state index in [1.807, 2.05) is 0 Å². The lowest BCUT2D eigenvalue weighted by Crippen LogP contribution is -2.62. The first-order chi connectivity index (χ1) is 6.61. The fraction of sp³-hybridized carbons (Fsp3) is 0.900. The highest BCUT2D eigenvalue weighted by molar-refractivity contribution is 5.77. The number of piperazine rings is 1. The van der Waals surface area contributed by atoms with Gasteiger partial charge in [0.1, 0.15) is 6.04 Å². The van der Waals surface area contributed by atoms with Gasteiger partial charge in [0, 0.05) is 31.6 Å². The van der Waals surface area contributed by atoms with Crippen molar-refractivity contribution in [1.82, 2.24) is 10.2 Å². The maximum Gasteiger partial charge on any atom is 0.323 e. The van der Waals surface area contributed by atoms with E-state index in [1.54, 1.807) is 0 Å². The van der Waals surface area contributed by atoms with Crippen molar-refractivity contribution < 1.29 is 9.53 Å². The van der Waals surface area contributed by atoms with Crippen LogP contribution in [0.1, 0.15) is 20.3 Å².